The number of carbonyl (C=O) groups is 4. The molecule has 2 aromatic rings. The van der Waals surface area contributed by atoms with Gasteiger partial charge in [-0.1, -0.05) is 37.8 Å². The smallest absolute Gasteiger partial charge is 0.497 e. The van der Waals surface area contributed by atoms with Crippen molar-refractivity contribution in [3.8, 4) is 11.6 Å². The predicted octanol–water partition coefficient (Wildman–Crippen LogP) is 1.76. The van der Waals surface area contributed by atoms with Crippen molar-refractivity contribution in [2.24, 2.45) is 11.8 Å². The number of hydrogen-bond acceptors (Lipinski definition) is 11. The van der Waals surface area contributed by atoms with Crippen LogP contribution in [0, 0.1) is 11.8 Å². The predicted molar refractivity (Wildman–Crippen MR) is 213 cm³/mol. The molecule has 0 unspecified atom stereocenters. The van der Waals surface area contributed by atoms with Gasteiger partial charge in [-0.2, -0.15) is 0 Å². The Morgan fingerprint density at radius 2 is 1.75 bits per heavy atom. The van der Waals surface area contributed by atoms with Gasteiger partial charge in [-0.3, -0.25) is 19.1 Å². The molecule has 15 nitrogen and oxygen atoms in total. The van der Waals surface area contributed by atoms with Crippen LogP contribution in [0.2, 0.25) is 0 Å². The molecule has 1 aromatic heterocycles. The number of benzene rings is 1. The van der Waals surface area contributed by atoms with Gasteiger partial charge in [-0.15, -0.1) is 0 Å². The maximum atomic E-state index is 14.7. The molecule has 8 rings (SSSR count). The third-order valence-corrected chi connectivity index (χ3v) is 15.4. The van der Waals surface area contributed by atoms with Crippen molar-refractivity contribution in [3.63, 3.8) is 0 Å². The third kappa shape index (κ3) is 9.64. The van der Waals surface area contributed by atoms with Gasteiger partial charge < -0.3 is 29.7 Å². The Morgan fingerprint density at radius 3 is 2.54 bits per heavy atom. The summed E-state index contributed by atoms with van der Waals surface area (Å²) in [5.41, 5.74) is 0.437. The van der Waals surface area contributed by atoms with Crippen molar-refractivity contribution in [2.45, 2.75) is 151 Å². The van der Waals surface area contributed by atoms with E-state index in [0.29, 0.717) is 66.9 Å². The average Bonchev–Trinajstić information content (AvgIpc) is 4.00. The molecule has 3 bridgehead atoms. The number of rotatable bonds is 4. The molecular weight excluding hydrogens is 804 g/mol. The topological polar surface area (TPSA) is 195 Å². The Kier molecular flexibility index (Phi) is 13.7. The van der Waals surface area contributed by atoms with Gasteiger partial charge in [-0.25, -0.2) is 23.2 Å². The number of sulfonamides is 1. The number of ether oxygens (including phenoxy) is 3. The van der Waals surface area contributed by atoms with Crippen molar-refractivity contribution in [3.05, 3.63) is 36.0 Å². The number of alkyl carbamates (subject to hydrolysis) is 1. The number of methoxy groups -OCH3 is 1. The minimum Gasteiger partial charge on any atom is -0.497 e. The first kappa shape index (κ1) is 44.2. The van der Waals surface area contributed by atoms with Crippen LogP contribution < -0.4 is 76.2 Å². The molecule has 3 N–H and O–H groups in total. The summed E-state index contributed by atoms with van der Waals surface area (Å²) in [4.78, 5) is 68.1. The summed E-state index contributed by atoms with van der Waals surface area (Å²) in [6.07, 6.45) is 13.7. The molecule has 3 saturated carbocycles. The quantitative estimate of drug-likeness (QED) is 0.300. The molecule has 59 heavy (non-hydrogen) atoms. The number of aryl methyl sites for hydroxylation is 1. The summed E-state index contributed by atoms with van der Waals surface area (Å²) in [5.74, 6) is -1.10. The van der Waals surface area contributed by atoms with E-state index in [1.807, 2.05) is 24.3 Å². The molecule has 4 amide bonds. The van der Waals surface area contributed by atoms with Crippen LogP contribution in [0.3, 0.4) is 0 Å². The van der Waals surface area contributed by atoms with Gasteiger partial charge in [0, 0.05) is 18.4 Å². The van der Waals surface area contributed by atoms with E-state index in [4.69, 9.17) is 24.2 Å². The van der Waals surface area contributed by atoms with Crippen LogP contribution in [0.1, 0.15) is 115 Å². The molecular formula is C42H56KN6O9S+. The van der Waals surface area contributed by atoms with E-state index in [0.717, 1.165) is 57.8 Å². The molecule has 1 saturated heterocycles. The first-order valence-corrected chi connectivity index (χ1v) is 22.7. The zero-order chi connectivity index (χ0) is 40.7. The zero-order valence-electron chi connectivity index (χ0n) is 34.5. The maximum absolute atomic E-state index is 14.7. The normalized spacial score (nSPS) is 31.7. The average molecular weight is 860 g/mol. The number of hydrogen-bond donors (Lipinski definition) is 3. The monoisotopic (exact) mass is 859 g/mol. The standard InChI is InChI=1S/C42H56N6O9S.K/c1-41(20-21-41)58(53,54)47-39(51)42-24-27(42)14-8-4-3-5-9-16-32-38(50)48-25-29(23-34(48)36(49)46-42)56-37-31(43-30-19-18-28(55-2)22-33(30)44-37)15-10-6-7-12-26-13-11-17-35(26)57-40(52)45-32;/h8,14,18-19,22,26-27,29,32,34-35H,3-7,9-13,15-17,20-21,23-25H2,1-2H3,(H,45,52)(H,46,49)(H,47,51);/q;+1/b14-8-;/t26-,27-,29-,32+,34+,35-,42-;/m1./s1. The number of nitrogens with one attached hydrogen (secondary N) is 3. The van der Waals surface area contributed by atoms with Gasteiger partial charge in [0.25, 0.3) is 5.91 Å². The summed E-state index contributed by atoms with van der Waals surface area (Å²) in [5, 5.41) is 5.82. The summed E-state index contributed by atoms with van der Waals surface area (Å²) >= 11 is 0. The second kappa shape index (κ2) is 18.3. The third-order valence-electron chi connectivity index (χ3n) is 13.3. The van der Waals surface area contributed by atoms with Gasteiger partial charge in [0.05, 0.1) is 29.4 Å². The molecule has 3 aliphatic carbocycles. The van der Waals surface area contributed by atoms with E-state index in [1.54, 1.807) is 20.1 Å². The van der Waals surface area contributed by atoms with Crippen LogP contribution in [0.25, 0.3) is 11.0 Å². The van der Waals surface area contributed by atoms with Crippen LogP contribution in [-0.4, -0.2) is 95.3 Å². The second-order valence-electron chi connectivity index (χ2n) is 17.5. The van der Waals surface area contributed by atoms with Crippen molar-refractivity contribution < 1.29 is 93.2 Å². The van der Waals surface area contributed by atoms with E-state index in [9.17, 15) is 27.6 Å². The Bertz CT molecular complexity index is 2080. The van der Waals surface area contributed by atoms with E-state index >= 15 is 0 Å². The summed E-state index contributed by atoms with van der Waals surface area (Å²) < 4.78 is 45.8. The molecule has 0 radical (unpaired) electrons. The number of aromatic nitrogens is 2. The summed E-state index contributed by atoms with van der Waals surface area (Å²) in [6.45, 7) is 1.60. The molecule has 314 valence electrons. The minimum absolute atomic E-state index is 0. The fraction of sp³-hybridized carbons (Fsp3) is 0.667. The van der Waals surface area contributed by atoms with Crippen molar-refractivity contribution in [1.29, 1.82) is 0 Å². The van der Waals surface area contributed by atoms with E-state index in [1.165, 1.54) is 4.90 Å². The van der Waals surface area contributed by atoms with Crippen LogP contribution >= 0.6 is 0 Å². The van der Waals surface area contributed by atoms with E-state index in [2.05, 4.69) is 15.4 Å². The Balaban J connectivity index is 0.00000528. The van der Waals surface area contributed by atoms with Gasteiger partial charge in [-0.05, 0) is 102 Å². The van der Waals surface area contributed by atoms with Crippen molar-refractivity contribution in [1.82, 2.24) is 30.2 Å². The molecule has 6 aliphatic rings. The van der Waals surface area contributed by atoms with Gasteiger partial charge in [0.2, 0.25) is 27.7 Å². The van der Waals surface area contributed by atoms with Crippen LogP contribution in [-0.2, 0) is 35.6 Å². The second-order valence-corrected chi connectivity index (χ2v) is 19.7. The van der Waals surface area contributed by atoms with Gasteiger partial charge >= 0.3 is 57.5 Å². The molecule has 7 atom stereocenters. The number of allylic oxidation sites excluding steroid dienone is 1. The minimum atomic E-state index is -3.99. The first-order valence-electron chi connectivity index (χ1n) is 21.2. The first-order chi connectivity index (χ1) is 27.9. The van der Waals surface area contributed by atoms with Crippen LogP contribution in [0.4, 0.5) is 4.79 Å². The number of carbonyl (C=O) groups excluding carboxylic acids is 4. The van der Waals surface area contributed by atoms with Gasteiger partial charge in [0.1, 0.15) is 41.3 Å². The maximum Gasteiger partial charge on any atom is 1.00 e. The molecule has 3 aliphatic heterocycles. The Labute approximate surface area is 388 Å². The zero-order valence-corrected chi connectivity index (χ0v) is 38.4. The fourth-order valence-electron chi connectivity index (χ4n) is 9.22. The van der Waals surface area contributed by atoms with E-state index < -0.39 is 68.2 Å². The Hall–Kier alpha value is -2.83. The van der Waals surface area contributed by atoms with Crippen molar-refractivity contribution >= 4 is 44.9 Å². The number of amides is 4. The molecule has 4 heterocycles. The van der Waals surface area contributed by atoms with E-state index in [-0.39, 0.29) is 82.8 Å². The molecule has 0 spiro atoms. The van der Waals surface area contributed by atoms with Crippen LogP contribution in [0.15, 0.2) is 30.4 Å². The fourth-order valence-corrected chi connectivity index (χ4v) is 10.5. The van der Waals surface area contributed by atoms with Gasteiger partial charge in [0.15, 0.2) is 0 Å². The number of nitrogens with zero attached hydrogens (tertiary/aromatic N) is 3. The number of fused-ring (bicyclic) bond motifs is 6. The molecule has 1 aromatic carbocycles. The summed E-state index contributed by atoms with van der Waals surface area (Å²) in [6, 6.07) is 3.41. The summed E-state index contributed by atoms with van der Waals surface area (Å²) in [7, 11) is -2.41. The Morgan fingerprint density at radius 1 is 0.966 bits per heavy atom. The molecule has 4 fully saturated rings. The largest absolute Gasteiger partial charge is 1.00 e. The van der Waals surface area contributed by atoms with Crippen LogP contribution in [0.5, 0.6) is 11.6 Å². The molecule has 17 heteroatoms. The van der Waals surface area contributed by atoms with Crippen molar-refractivity contribution in [2.75, 3.05) is 13.7 Å². The SMILES string of the molecule is COc1ccc2nc3c(nc2c1)O[C@@H]1C[C@H]2C(=O)N[C@]4(C(=O)NS(=O)(=O)C5(C)CC5)C[C@H]4/C=C\CCCCC[C@H](NC(=O)O[C@@H]4CCC[C@H]4CCCCC3)C(=O)N2C1.[K+].